The molecule has 1 heterocycles. The van der Waals surface area contributed by atoms with Crippen molar-refractivity contribution in [1.82, 2.24) is 4.57 Å². The first-order valence-electron chi connectivity index (χ1n) is 8.83. The summed E-state index contributed by atoms with van der Waals surface area (Å²) in [6.07, 6.45) is 1.46. The Bertz CT molecular complexity index is 1290. The van der Waals surface area contributed by atoms with E-state index in [4.69, 9.17) is 4.74 Å². The molecule has 0 unspecified atom stereocenters. The van der Waals surface area contributed by atoms with Gasteiger partial charge in [-0.1, -0.05) is 42.5 Å². The minimum atomic E-state index is -0.524. The van der Waals surface area contributed by atoms with E-state index in [2.05, 4.69) is 48.5 Å². The maximum Gasteiger partial charge on any atom is 0.418 e. The van der Waals surface area contributed by atoms with Crippen LogP contribution in [0.5, 0.6) is 0 Å². The Hall–Kier alpha value is -3.07. The second-order valence-electron chi connectivity index (χ2n) is 7.83. The van der Waals surface area contributed by atoms with Crippen LogP contribution in [-0.2, 0) is 4.74 Å². The fourth-order valence-electron chi connectivity index (χ4n) is 3.89. The van der Waals surface area contributed by atoms with Gasteiger partial charge in [-0.2, -0.15) is 0 Å². The van der Waals surface area contributed by atoms with Crippen molar-refractivity contribution in [3.8, 4) is 0 Å². The predicted octanol–water partition coefficient (Wildman–Crippen LogP) is 6.32. The van der Waals surface area contributed by atoms with Gasteiger partial charge in [0.2, 0.25) is 0 Å². The first-order chi connectivity index (χ1) is 12.4. The highest BCUT2D eigenvalue weighted by Gasteiger charge is 2.20. The van der Waals surface area contributed by atoms with Crippen LogP contribution in [0.3, 0.4) is 0 Å². The molecule has 0 N–H and O–H groups in total. The van der Waals surface area contributed by atoms with Crippen molar-refractivity contribution in [1.29, 1.82) is 0 Å². The summed E-state index contributed by atoms with van der Waals surface area (Å²) < 4.78 is 7.17. The number of carbonyl (C=O) groups is 1. The van der Waals surface area contributed by atoms with E-state index in [0.717, 1.165) is 16.3 Å². The van der Waals surface area contributed by atoms with Gasteiger partial charge in [-0.25, -0.2) is 4.79 Å². The van der Waals surface area contributed by atoms with Crippen molar-refractivity contribution in [3.05, 3.63) is 60.8 Å². The maximum absolute atomic E-state index is 12.6. The van der Waals surface area contributed by atoms with E-state index in [1.165, 1.54) is 26.9 Å². The number of carbonyl (C=O) groups excluding carboxylic acids is 1. The van der Waals surface area contributed by atoms with Crippen LogP contribution in [-0.4, -0.2) is 16.3 Å². The number of nitrogens with zero attached hydrogens (tertiary/aromatic N) is 1. The molecule has 0 spiro atoms. The average molecular weight is 341 g/mol. The Kier molecular flexibility index (Phi) is 2.91. The molecule has 0 amide bonds. The molecular formula is C23H19NO2. The third-order valence-corrected chi connectivity index (χ3v) is 4.91. The van der Waals surface area contributed by atoms with Gasteiger partial charge in [0.15, 0.2) is 0 Å². The first-order valence-corrected chi connectivity index (χ1v) is 8.83. The minimum Gasteiger partial charge on any atom is -0.443 e. The summed E-state index contributed by atoms with van der Waals surface area (Å²) in [6.45, 7) is 5.64. The smallest absolute Gasteiger partial charge is 0.418 e. The summed E-state index contributed by atoms with van der Waals surface area (Å²) in [5.74, 6) is 0. The molecule has 3 heteroatoms. The largest absolute Gasteiger partial charge is 0.443 e. The van der Waals surface area contributed by atoms with Gasteiger partial charge in [-0.15, -0.1) is 0 Å². The Balaban J connectivity index is 1.86. The van der Waals surface area contributed by atoms with Gasteiger partial charge >= 0.3 is 6.09 Å². The lowest BCUT2D eigenvalue weighted by atomic mass is 9.93. The lowest BCUT2D eigenvalue weighted by Crippen LogP contribution is -2.26. The molecule has 0 aliphatic heterocycles. The average Bonchev–Trinajstić information content (AvgIpc) is 3.02. The SMILES string of the molecule is CC(C)(C)OC(=O)n1ccc2c3ccc4cccc5ccc(cc21)c3c54. The van der Waals surface area contributed by atoms with Crippen LogP contribution in [0.15, 0.2) is 60.8 Å². The molecule has 5 aromatic rings. The molecule has 3 nitrogen and oxygen atoms in total. The van der Waals surface area contributed by atoms with Gasteiger partial charge in [0.05, 0.1) is 5.52 Å². The summed E-state index contributed by atoms with van der Waals surface area (Å²) >= 11 is 0. The maximum atomic E-state index is 12.6. The molecule has 26 heavy (non-hydrogen) atoms. The van der Waals surface area contributed by atoms with E-state index >= 15 is 0 Å². The van der Waals surface area contributed by atoms with Crippen LogP contribution in [0.2, 0.25) is 0 Å². The lowest BCUT2D eigenvalue weighted by Gasteiger charge is -2.20. The standard InChI is InChI=1S/C23H19NO2/c1-23(2,3)26-22(25)24-12-11-17-18-10-9-15-6-4-5-14-7-8-16(13-19(17)24)21(18)20(14)15/h4-13H,1-3H3. The molecule has 4 aromatic carbocycles. The molecule has 0 saturated carbocycles. The van der Waals surface area contributed by atoms with Gasteiger partial charge in [0.1, 0.15) is 5.60 Å². The number of benzene rings is 4. The molecule has 5 rings (SSSR count). The summed E-state index contributed by atoms with van der Waals surface area (Å²) in [4.78, 5) is 12.6. The molecule has 0 aliphatic rings. The van der Waals surface area contributed by atoms with E-state index in [1.54, 1.807) is 10.8 Å². The van der Waals surface area contributed by atoms with Gasteiger partial charge in [-0.3, -0.25) is 4.57 Å². The number of aromatic nitrogens is 1. The molecular weight excluding hydrogens is 322 g/mol. The molecule has 0 radical (unpaired) electrons. The van der Waals surface area contributed by atoms with Crippen LogP contribution in [0.25, 0.3) is 43.2 Å². The topological polar surface area (TPSA) is 31.2 Å². The lowest BCUT2D eigenvalue weighted by molar-refractivity contribution is 0.0544. The van der Waals surface area contributed by atoms with Gasteiger partial charge < -0.3 is 4.74 Å². The number of rotatable bonds is 0. The van der Waals surface area contributed by atoms with E-state index in [-0.39, 0.29) is 6.09 Å². The van der Waals surface area contributed by atoms with Crippen LogP contribution in [0.1, 0.15) is 20.8 Å². The van der Waals surface area contributed by atoms with Crippen LogP contribution >= 0.6 is 0 Å². The molecule has 0 atom stereocenters. The normalized spacial score (nSPS) is 12.6. The molecule has 0 fully saturated rings. The zero-order valence-electron chi connectivity index (χ0n) is 15.0. The fraction of sp³-hybridized carbons (Fsp3) is 0.174. The highest BCUT2D eigenvalue weighted by atomic mass is 16.6. The number of hydrogen-bond donors (Lipinski definition) is 0. The summed E-state index contributed by atoms with van der Waals surface area (Å²) in [5.41, 5.74) is 0.356. The van der Waals surface area contributed by atoms with Crippen molar-refractivity contribution in [2.75, 3.05) is 0 Å². The van der Waals surface area contributed by atoms with Crippen LogP contribution in [0.4, 0.5) is 4.79 Å². The number of fused-ring (bicyclic) bond motifs is 2. The first kappa shape index (κ1) is 15.2. The van der Waals surface area contributed by atoms with Crippen molar-refractivity contribution in [2.45, 2.75) is 26.4 Å². The van der Waals surface area contributed by atoms with E-state index < -0.39 is 5.60 Å². The third-order valence-electron chi connectivity index (χ3n) is 4.91. The molecule has 1 aromatic heterocycles. The van der Waals surface area contributed by atoms with Crippen molar-refractivity contribution in [2.24, 2.45) is 0 Å². The third kappa shape index (κ3) is 2.10. The number of ether oxygens (including phenoxy) is 1. The van der Waals surface area contributed by atoms with E-state index in [1.807, 2.05) is 26.8 Å². The second kappa shape index (κ2) is 4.98. The van der Waals surface area contributed by atoms with Crippen molar-refractivity contribution < 1.29 is 9.53 Å². The molecule has 0 saturated heterocycles. The van der Waals surface area contributed by atoms with Gasteiger partial charge in [-0.05, 0) is 65.2 Å². The second-order valence-corrected chi connectivity index (χ2v) is 7.83. The van der Waals surface area contributed by atoms with Gasteiger partial charge in [0, 0.05) is 11.6 Å². The van der Waals surface area contributed by atoms with Crippen LogP contribution < -0.4 is 0 Å². The summed E-state index contributed by atoms with van der Waals surface area (Å²) in [6, 6.07) is 19.1. The zero-order chi connectivity index (χ0) is 18.1. The van der Waals surface area contributed by atoms with Gasteiger partial charge in [0.25, 0.3) is 0 Å². The van der Waals surface area contributed by atoms with E-state index in [0.29, 0.717) is 0 Å². The molecule has 128 valence electrons. The monoisotopic (exact) mass is 341 g/mol. The fourth-order valence-corrected chi connectivity index (χ4v) is 3.89. The quantitative estimate of drug-likeness (QED) is 0.309. The minimum absolute atomic E-state index is 0.347. The summed E-state index contributed by atoms with van der Waals surface area (Å²) in [7, 11) is 0. The van der Waals surface area contributed by atoms with Crippen LogP contribution in [0, 0.1) is 0 Å². The summed E-state index contributed by atoms with van der Waals surface area (Å²) in [5, 5.41) is 8.41. The van der Waals surface area contributed by atoms with Crippen molar-refractivity contribution in [3.63, 3.8) is 0 Å². The Morgan fingerprint density at radius 3 is 2.27 bits per heavy atom. The highest BCUT2D eigenvalue weighted by molar-refractivity contribution is 6.28. The van der Waals surface area contributed by atoms with Crippen molar-refractivity contribution >= 4 is 49.3 Å². The molecule has 0 bridgehead atoms. The zero-order valence-corrected chi connectivity index (χ0v) is 15.0. The molecule has 0 aliphatic carbocycles. The highest BCUT2D eigenvalue weighted by Crippen LogP contribution is 2.38. The van der Waals surface area contributed by atoms with E-state index in [9.17, 15) is 4.79 Å². The number of hydrogen-bond acceptors (Lipinski definition) is 2. The Morgan fingerprint density at radius 1 is 0.846 bits per heavy atom. The predicted molar refractivity (Wildman–Crippen MR) is 107 cm³/mol. The Morgan fingerprint density at radius 2 is 1.54 bits per heavy atom. The Labute approximate surface area is 151 Å².